The molecule has 0 fully saturated rings. The van der Waals surface area contributed by atoms with Crippen LogP contribution in [0.4, 0.5) is 17.2 Å². The third kappa shape index (κ3) is 2.80. The number of aryl methyl sites for hydroxylation is 2. The molecule has 0 atom stereocenters. The molecule has 0 spiro atoms. The molecule has 3 N–H and O–H groups in total. The lowest BCUT2D eigenvalue weighted by Gasteiger charge is -2.12. The van der Waals surface area contributed by atoms with E-state index in [0.29, 0.717) is 17.3 Å². The van der Waals surface area contributed by atoms with Crippen LogP contribution in [0.5, 0.6) is 0 Å². The minimum absolute atomic E-state index is 0.455. The standard InChI is InChI=1S/C15H15BrN6/c1-9-7-10(2)22(21-9)15-13(17)14(18-8-19-15)20-12-5-3-11(16)4-6-12/h3-8H,17H2,1-2H3,(H,18,19,20). The first-order chi connectivity index (χ1) is 10.5. The average molecular weight is 359 g/mol. The molecule has 2 heterocycles. The molecular weight excluding hydrogens is 344 g/mol. The van der Waals surface area contributed by atoms with Gasteiger partial charge in [-0.2, -0.15) is 5.10 Å². The van der Waals surface area contributed by atoms with Crippen LogP contribution < -0.4 is 11.1 Å². The Labute approximate surface area is 136 Å². The molecular formula is C15H15BrN6. The van der Waals surface area contributed by atoms with Gasteiger partial charge in [0.15, 0.2) is 11.6 Å². The zero-order valence-corrected chi connectivity index (χ0v) is 13.8. The maximum Gasteiger partial charge on any atom is 0.182 e. The van der Waals surface area contributed by atoms with Gasteiger partial charge in [-0.3, -0.25) is 0 Å². The smallest absolute Gasteiger partial charge is 0.182 e. The first-order valence-electron chi connectivity index (χ1n) is 6.71. The second-order valence-electron chi connectivity index (χ2n) is 4.93. The summed E-state index contributed by atoms with van der Waals surface area (Å²) >= 11 is 3.41. The summed E-state index contributed by atoms with van der Waals surface area (Å²) in [6, 6.07) is 9.75. The largest absolute Gasteiger partial charge is 0.393 e. The number of benzene rings is 1. The van der Waals surface area contributed by atoms with Crippen LogP contribution in [-0.2, 0) is 0 Å². The van der Waals surface area contributed by atoms with E-state index >= 15 is 0 Å². The number of aromatic nitrogens is 4. The van der Waals surface area contributed by atoms with Gasteiger partial charge in [0.1, 0.15) is 12.0 Å². The van der Waals surface area contributed by atoms with Crippen molar-refractivity contribution < 1.29 is 0 Å². The Balaban J connectivity index is 1.98. The van der Waals surface area contributed by atoms with Crippen molar-refractivity contribution in [2.45, 2.75) is 13.8 Å². The zero-order chi connectivity index (χ0) is 15.7. The number of halogens is 1. The molecule has 0 unspecified atom stereocenters. The summed E-state index contributed by atoms with van der Waals surface area (Å²) in [5.41, 5.74) is 9.45. The molecule has 3 rings (SSSR count). The maximum absolute atomic E-state index is 6.21. The van der Waals surface area contributed by atoms with Gasteiger partial charge < -0.3 is 11.1 Å². The fourth-order valence-corrected chi connectivity index (χ4v) is 2.43. The lowest BCUT2D eigenvalue weighted by molar-refractivity contribution is 0.804. The van der Waals surface area contributed by atoms with Crippen molar-refractivity contribution >= 4 is 33.1 Å². The lowest BCUT2D eigenvalue weighted by atomic mass is 10.3. The third-order valence-corrected chi connectivity index (χ3v) is 3.71. The van der Waals surface area contributed by atoms with Gasteiger partial charge in [0.05, 0.1) is 5.69 Å². The van der Waals surface area contributed by atoms with E-state index in [1.54, 1.807) is 4.68 Å². The summed E-state index contributed by atoms with van der Waals surface area (Å²) in [5, 5.41) is 7.61. The zero-order valence-electron chi connectivity index (χ0n) is 12.2. The number of nitrogens with two attached hydrogens (primary N) is 1. The molecule has 0 aliphatic rings. The van der Waals surface area contributed by atoms with E-state index in [0.717, 1.165) is 21.5 Å². The van der Waals surface area contributed by atoms with Gasteiger partial charge >= 0.3 is 0 Å². The second kappa shape index (κ2) is 5.76. The molecule has 1 aromatic carbocycles. The van der Waals surface area contributed by atoms with Crippen LogP contribution >= 0.6 is 15.9 Å². The van der Waals surface area contributed by atoms with Gasteiger partial charge in [-0.05, 0) is 44.2 Å². The molecule has 6 nitrogen and oxygen atoms in total. The van der Waals surface area contributed by atoms with E-state index in [9.17, 15) is 0 Å². The number of anilines is 3. The van der Waals surface area contributed by atoms with Crippen molar-refractivity contribution in [2.24, 2.45) is 0 Å². The van der Waals surface area contributed by atoms with Gasteiger partial charge in [-0.15, -0.1) is 0 Å². The fourth-order valence-electron chi connectivity index (χ4n) is 2.17. The molecule has 0 radical (unpaired) electrons. The molecule has 0 saturated carbocycles. The van der Waals surface area contributed by atoms with Crippen molar-refractivity contribution in [3.05, 3.63) is 52.5 Å². The molecule has 22 heavy (non-hydrogen) atoms. The quantitative estimate of drug-likeness (QED) is 0.749. The number of hydrogen-bond donors (Lipinski definition) is 2. The Morgan fingerprint density at radius 3 is 2.50 bits per heavy atom. The Kier molecular flexibility index (Phi) is 3.81. The second-order valence-corrected chi connectivity index (χ2v) is 5.85. The number of nitrogens with zero attached hydrogens (tertiary/aromatic N) is 4. The fraction of sp³-hybridized carbons (Fsp3) is 0.133. The van der Waals surface area contributed by atoms with E-state index in [1.807, 2.05) is 44.2 Å². The van der Waals surface area contributed by atoms with E-state index < -0.39 is 0 Å². The molecule has 0 saturated heterocycles. The molecule has 0 aliphatic carbocycles. The highest BCUT2D eigenvalue weighted by Gasteiger charge is 2.13. The maximum atomic E-state index is 6.21. The summed E-state index contributed by atoms with van der Waals surface area (Å²) in [7, 11) is 0. The molecule has 2 aromatic heterocycles. The Morgan fingerprint density at radius 2 is 1.86 bits per heavy atom. The molecule has 3 aromatic rings. The van der Waals surface area contributed by atoms with Crippen LogP contribution in [0.15, 0.2) is 41.1 Å². The van der Waals surface area contributed by atoms with Crippen molar-refractivity contribution in [1.29, 1.82) is 0 Å². The predicted molar refractivity (Wildman–Crippen MR) is 90.5 cm³/mol. The lowest BCUT2D eigenvalue weighted by Crippen LogP contribution is -2.09. The van der Waals surface area contributed by atoms with E-state index in [1.165, 1.54) is 6.33 Å². The van der Waals surface area contributed by atoms with Crippen molar-refractivity contribution in [3.8, 4) is 5.82 Å². The summed E-state index contributed by atoms with van der Waals surface area (Å²) in [6.07, 6.45) is 1.48. The average Bonchev–Trinajstić information content (AvgIpc) is 2.82. The van der Waals surface area contributed by atoms with Gasteiger partial charge in [0.2, 0.25) is 0 Å². The Hall–Kier alpha value is -2.41. The van der Waals surface area contributed by atoms with Gasteiger partial charge in [-0.25, -0.2) is 14.6 Å². The highest BCUT2D eigenvalue weighted by molar-refractivity contribution is 9.10. The van der Waals surface area contributed by atoms with Gasteiger partial charge in [0.25, 0.3) is 0 Å². The highest BCUT2D eigenvalue weighted by Crippen LogP contribution is 2.26. The highest BCUT2D eigenvalue weighted by atomic mass is 79.9. The topological polar surface area (TPSA) is 81.7 Å². The van der Waals surface area contributed by atoms with Crippen LogP contribution in [-0.4, -0.2) is 19.7 Å². The van der Waals surface area contributed by atoms with Crippen LogP contribution in [0.2, 0.25) is 0 Å². The summed E-state index contributed by atoms with van der Waals surface area (Å²) in [5.74, 6) is 1.13. The van der Waals surface area contributed by atoms with Crippen LogP contribution in [0.1, 0.15) is 11.4 Å². The molecule has 0 amide bonds. The number of rotatable bonds is 3. The summed E-state index contributed by atoms with van der Waals surface area (Å²) in [6.45, 7) is 3.89. The Bertz CT molecular complexity index is 809. The number of nitrogens with one attached hydrogen (secondary N) is 1. The van der Waals surface area contributed by atoms with E-state index in [4.69, 9.17) is 5.73 Å². The van der Waals surface area contributed by atoms with E-state index in [2.05, 4.69) is 36.3 Å². The minimum atomic E-state index is 0.455. The predicted octanol–water partition coefficient (Wildman–Crippen LogP) is 3.37. The summed E-state index contributed by atoms with van der Waals surface area (Å²) in [4.78, 5) is 8.47. The minimum Gasteiger partial charge on any atom is -0.393 e. The number of nitrogen functional groups attached to an aromatic ring is 1. The molecule has 0 aliphatic heterocycles. The normalized spacial score (nSPS) is 10.7. The monoisotopic (exact) mass is 358 g/mol. The van der Waals surface area contributed by atoms with Crippen LogP contribution in [0.3, 0.4) is 0 Å². The van der Waals surface area contributed by atoms with Crippen molar-refractivity contribution in [1.82, 2.24) is 19.7 Å². The molecule has 7 heteroatoms. The van der Waals surface area contributed by atoms with Crippen LogP contribution in [0.25, 0.3) is 5.82 Å². The van der Waals surface area contributed by atoms with Gasteiger partial charge in [0, 0.05) is 15.9 Å². The van der Waals surface area contributed by atoms with E-state index in [-0.39, 0.29) is 0 Å². The first-order valence-corrected chi connectivity index (χ1v) is 7.50. The third-order valence-electron chi connectivity index (χ3n) is 3.18. The van der Waals surface area contributed by atoms with Crippen LogP contribution in [0, 0.1) is 13.8 Å². The first kappa shape index (κ1) is 14.5. The van der Waals surface area contributed by atoms with Crippen molar-refractivity contribution in [3.63, 3.8) is 0 Å². The number of hydrogen-bond acceptors (Lipinski definition) is 5. The SMILES string of the molecule is Cc1cc(C)n(-c2ncnc(Nc3ccc(Br)cc3)c2N)n1. The summed E-state index contributed by atoms with van der Waals surface area (Å²) < 4.78 is 2.73. The van der Waals surface area contributed by atoms with Crippen molar-refractivity contribution in [2.75, 3.05) is 11.1 Å². The Morgan fingerprint density at radius 1 is 1.14 bits per heavy atom. The molecule has 112 valence electrons. The van der Waals surface area contributed by atoms with Gasteiger partial charge in [-0.1, -0.05) is 15.9 Å². The molecule has 0 bridgehead atoms.